The van der Waals surface area contributed by atoms with Crippen molar-refractivity contribution in [2.24, 2.45) is 5.92 Å². The summed E-state index contributed by atoms with van der Waals surface area (Å²) in [6.07, 6.45) is 6.27. The Morgan fingerprint density at radius 2 is 2.27 bits per heavy atom. The molecule has 84 valence electrons. The van der Waals surface area contributed by atoms with Gasteiger partial charge in [0.2, 0.25) is 0 Å². The van der Waals surface area contributed by atoms with Gasteiger partial charge in [0.15, 0.2) is 0 Å². The van der Waals surface area contributed by atoms with Crippen molar-refractivity contribution >= 4 is 0 Å². The van der Waals surface area contributed by atoms with Crippen LogP contribution in [0.1, 0.15) is 24.5 Å². The number of aliphatic hydroxyl groups is 1. The summed E-state index contributed by atoms with van der Waals surface area (Å²) in [7, 11) is 4.15. The van der Waals surface area contributed by atoms with Crippen LogP contribution in [0.25, 0.3) is 0 Å². The summed E-state index contributed by atoms with van der Waals surface area (Å²) in [5.74, 6) is 0.523. The lowest BCUT2D eigenvalue weighted by molar-refractivity contribution is 0.154. The van der Waals surface area contributed by atoms with Gasteiger partial charge >= 0.3 is 0 Å². The highest BCUT2D eigenvalue weighted by Gasteiger charge is 2.31. The summed E-state index contributed by atoms with van der Waals surface area (Å²) < 4.78 is 2.15. The van der Waals surface area contributed by atoms with Crippen molar-refractivity contribution in [2.45, 2.75) is 25.5 Å². The molecule has 1 unspecified atom stereocenters. The van der Waals surface area contributed by atoms with E-state index in [1.165, 1.54) is 12.8 Å². The average molecular weight is 208 g/mol. The SMILES string of the molecule is CN(C)CCn1ccc(C(O)C2CC2)c1. The molecular weight excluding hydrogens is 188 g/mol. The predicted molar refractivity (Wildman–Crippen MR) is 60.7 cm³/mol. The molecule has 0 amide bonds. The number of hydrogen-bond donors (Lipinski definition) is 1. The lowest BCUT2D eigenvalue weighted by Crippen LogP contribution is -2.17. The van der Waals surface area contributed by atoms with Gasteiger partial charge in [0.1, 0.15) is 0 Å². The van der Waals surface area contributed by atoms with E-state index in [2.05, 4.69) is 36.0 Å². The van der Waals surface area contributed by atoms with Gasteiger partial charge in [-0.25, -0.2) is 0 Å². The summed E-state index contributed by atoms with van der Waals surface area (Å²) in [6.45, 7) is 2.03. The Morgan fingerprint density at radius 3 is 2.87 bits per heavy atom. The molecule has 1 heterocycles. The van der Waals surface area contributed by atoms with Gasteiger partial charge in [0, 0.05) is 25.5 Å². The Labute approximate surface area is 91.3 Å². The van der Waals surface area contributed by atoms with Crippen LogP contribution in [0.4, 0.5) is 0 Å². The second-order valence-corrected chi connectivity index (χ2v) is 4.77. The highest BCUT2D eigenvalue weighted by molar-refractivity contribution is 5.16. The molecule has 2 rings (SSSR count). The Bertz CT molecular complexity index is 315. The first kappa shape index (κ1) is 10.7. The van der Waals surface area contributed by atoms with Crippen molar-refractivity contribution in [3.05, 3.63) is 24.0 Å². The molecule has 15 heavy (non-hydrogen) atoms. The first-order chi connectivity index (χ1) is 7.16. The van der Waals surface area contributed by atoms with Crippen LogP contribution in [0.5, 0.6) is 0 Å². The molecule has 1 atom stereocenters. The molecule has 0 bridgehead atoms. The van der Waals surface area contributed by atoms with E-state index in [4.69, 9.17) is 0 Å². The monoisotopic (exact) mass is 208 g/mol. The quantitative estimate of drug-likeness (QED) is 0.794. The standard InChI is InChI=1S/C12H20N2O/c1-13(2)7-8-14-6-5-11(9-14)12(15)10-3-4-10/h5-6,9-10,12,15H,3-4,7-8H2,1-2H3. The Hall–Kier alpha value is -0.800. The van der Waals surface area contributed by atoms with Gasteiger partial charge in [-0.05, 0) is 44.5 Å². The van der Waals surface area contributed by atoms with E-state index in [-0.39, 0.29) is 6.10 Å². The maximum atomic E-state index is 9.93. The molecule has 1 aliphatic rings. The number of aliphatic hydroxyl groups excluding tert-OH is 1. The van der Waals surface area contributed by atoms with Gasteiger partial charge in [0.05, 0.1) is 6.10 Å². The lowest BCUT2D eigenvalue weighted by Gasteiger charge is -2.10. The smallest absolute Gasteiger partial charge is 0.0832 e. The second kappa shape index (κ2) is 4.37. The van der Waals surface area contributed by atoms with Crippen molar-refractivity contribution < 1.29 is 5.11 Å². The average Bonchev–Trinajstić information content (AvgIpc) is 2.93. The van der Waals surface area contributed by atoms with Gasteiger partial charge < -0.3 is 14.6 Å². The Balaban J connectivity index is 1.91. The lowest BCUT2D eigenvalue weighted by atomic mass is 10.1. The fourth-order valence-corrected chi connectivity index (χ4v) is 1.77. The van der Waals surface area contributed by atoms with Crippen molar-refractivity contribution in [3.8, 4) is 0 Å². The maximum Gasteiger partial charge on any atom is 0.0832 e. The van der Waals surface area contributed by atoms with E-state index < -0.39 is 0 Å². The topological polar surface area (TPSA) is 28.4 Å². The zero-order valence-corrected chi connectivity index (χ0v) is 9.56. The van der Waals surface area contributed by atoms with Crippen LogP contribution in [-0.4, -0.2) is 35.2 Å². The van der Waals surface area contributed by atoms with E-state index in [1.54, 1.807) is 0 Å². The highest BCUT2D eigenvalue weighted by atomic mass is 16.3. The largest absolute Gasteiger partial charge is 0.388 e. The van der Waals surface area contributed by atoms with Crippen molar-refractivity contribution in [2.75, 3.05) is 20.6 Å². The molecule has 0 aliphatic heterocycles. The highest BCUT2D eigenvalue weighted by Crippen LogP contribution is 2.40. The fourth-order valence-electron chi connectivity index (χ4n) is 1.77. The van der Waals surface area contributed by atoms with E-state index in [0.717, 1.165) is 18.7 Å². The van der Waals surface area contributed by atoms with E-state index in [0.29, 0.717) is 5.92 Å². The number of rotatable bonds is 5. The van der Waals surface area contributed by atoms with Gasteiger partial charge in [0.25, 0.3) is 0 Å². The van der Waals surface area contributed by atoms with Crippen molar-refractivity contribution in [3.63, 3.8) is 0 Å². The zero-order valence-electron chi connectivity index (χ0n) is 9.56. The van der Waals surface area contributed by atoms with Gasteiger partial charge in [-0.15, -0.1) is 0 Å². The molecule has 1 N–H and O–H groups in total. The third kappa shape index (κ3) is 2.83. The van der Waals surface area contributed by atoms with Crippen LogP contribution in [0.2, 0.25) is 0 Å². The van der Waals surface area contributed by atoms with Crippen molar-refractivity contribution in [1.29, 1.82) is 0 Å². The minimum atomic E-state index is -0.231. The predicted octanol–water partition coefficient (Wildman–Crippen LogP) is 1.49. The molecule has 0 spiro atoms. The van der Waals surface area contributed by atoms with Gasteiger partial charge in [-0.2, -0.15) is 0 Å². The normalized spacial score (nSPS) is 18.4. The van der Waals surface area contributed by atoms with E-state index in [9.17, 15) is 5.11 Å². The minimum Gasteiger partial charge on any atom is -0.388 e. The van der Waals surface area contributed by atoms with Crippen molar-refractivity contribution in [1.82, 2.24) is 9.47 Å². The van der Waals surface area contributed by atoms with Crippen LogP contribution >= 0.6 is 0 Å². The summed E-state index contributed by atoms with van der Waals surface area (Å²) in [5, 5.41) is 9.93. The Kier molecular flexibility index (Phi) is 3.12. The summed E-state index contributed by atoms with van der Waals surface area (Å²) in [4.78, 5) is 2.16. The third-order valence-corrected chi connectivity index (χ3v) is 2.99. The molecule has 0 aromatic carbocycles. The molecule has 1 aromatic heterocycles. The maximum absolute atomic E-state index is 9.93. The van der Waals surface area contributed by atoms with Crippen LogP contribution in [0.15, 0.2) is 18.5 Å². The molecule has 1 fully saturated rings. The number of likely N-dealkylation sites (N-methyl/N-ethyl adjacent to an activating group) is 1. The molecule has 0 radical (unpaired) electrons. The van der Waals surface area contributed by atoms with Gasteiger partial charge in [-0.3, -0.25) is 0 Å². The molecule has 3 heteroatoms. The minimum absolute atomic E-state index is 0.231. The molecular formula is C12H20N2O. The third-order valence-electron chi connectivity index (χ3n) is 2.99. The molecule has 3 nitrogen and oxygen atoms in total. The van der Waals surface area contributed by atoms with Crippen LogP contribution in [-0.2, 0) is 6.54 Å². The molecule has 1 aliphatic carbocycles. The zero-order chi connectivity index (χ0) is 10.8. The second-order valence-electron chi connectivity index (χ2n) is 4.77. The fraction of sp³-hybridized carbons (Fsp3) is 0.667. The first-order valence-electron chi connectivity index (χ1n) is 5.65. The molecule has 1 aromatic rings. The van der Waals surface area contributed by atoms with Crippen LogP contribution in [0, 0.1) is 5.92 Å². The number of hydrogen-bond acceptors (Lipinski definition) is 2. The number of nitrogens with zero attached hydrogens (tertiary/aromatic N) is 2. The van der Waals surface area contributed by atoms with E-state index >= 15 is 0 Å². The first-order valence-corrected chi connectivity index (χ1v) is 5.65. The summed E-state index contributed by atoms with van der Waals surface area (Å²) in [6, 6.07) is 2.04. The van der Waals surface area contributed by atoms with Crippen LogP contribution in [0.3, 0.4) is 0 Å². The summed E-state index contributed by atoms with van der Waals surface area (Å²) in [5.41, 5.74) is 1.08. The van der Waals surface area contributed by atoms with E-state index in [1.807, 2.05) is 6.07 Å². The Morgan fingerprint density at radius 1 is 1.53 bits per heavy atom. The van der Waals surface area contributed by atoms with Gasteiger partial charge in [-0.1, -0.05) is 0 Å². The van der Waals surface area contributed by atoms with Crippen LogP contribution < -0.4 is 0 Å². The summed E-state index contributed by atoms with van der Waals surface area (Å²) >= 11 is 0. The molecule has 0 saturated heterocycles. The number of aromatic nitrogens is 1. The molecule has 1 saturated carbocycles.